The van der Waals surface area contributed by atoms with Crippen molar-refractivity contribution in [1.82, 2.24) is 0 Å². The van der Waals surface area contributed by atoms with Gasteiger partial charge in [0.25, 0.3) is 6.43 Å². The first-order chi connectivity index (χ1) is 9.69. The highest BCUT2D eigenvalue weighted by Crippen LogP contribution is 2.23. The summed E-state index contributed by atoms with van der Waals surface area (Å²) in [6.07, 6.45) is -1.62. The lowest BCUT2D eigenvalue weighted by Crippen LogP contribution is -2.06. The quantitative estimate of drug-likeness (QED) is 0.877. The second-order valence-corrected chi connectivity index (χ2v) is 4.47. The fourth-order valence-corrected chi connectivity index (χ4v) is 1.98. The van der Waals surface area contributed by atoms with E-state index in [4.69, 9.17) is 10.5 Å². The average Bonchev–Trinajstić information content (AvgIpc) is 2.46. The van der Waals surface area contributed by atoms with E-state index in [9.17, 15) is 8.78 Å². The standard InChI is InChI=1S/C16H17F2NO/c17-16(18)11-20-15-6-4-13(5-7-15)14-3-1-2-12(10-14)8-9-19/h1-7,10,16H,8-9,11,19H2. The van der Waals surface area contributed by atoms with Gasteiger partial charge in [0.05, 0.1) is 0 Å². The van der Waals surface area contributed by atoms with E-state index in [1.807, 2.05) is 30.3 Å². The van der Waals surface area contributed by atoms with Crippen molar-refractivity contribution in [2.45, 2.75) is 12.8 Å². The smallest absolute Gasteiger partial charge is 0.272 e. The van der Waals surface area contributed by atoms with Crippen molar-refractivity contribution in [2.24, 2.45) is 5.73 Å². The third-order valence-corrected chi connectivity index (χ3v) is 2.92. The Hall–Kier alpha value is -1.94. The average molecular weight is 277 g/mol. The van der Waals surface area contributed by atoms with Gasteiger partial charge in [-0.15, -0.1) is 0 Å². The molecule has 0 fully saturated rings. The Kier molecular flexibility index (Phi) is 5.07. The molecule has 0 aliphatic rings. The second-order valence-electron chi connectivity index (χ2n) is 4.47. The van der Waals surface area contributed by atoms with Crippen molar-refractivity contribution in [1.29, 1.82) is 0 Å². The highest BCUT2D eigenvalue weighted by Gasteiger charge is 2.04. The number of ether oxygens (including phenoxy) is 1. The van der Waals surface area contributed by atoms with Crippen LogP contribution in [-0.2, 0) is 6.42 Å². The van der Waals surface area contributed by atoms with Gasteiger partial charge in [-0.2, -0.15) is 0 Å². The number of nitrogens with two attached hydrogens (primary N) is 1. The minimum Gasteiger partial charge on any atom is -0.488 e. The van der Waals surface area contributed by atoms with Crippen LogP contribution in [0.3, 0.4) is 0 Å². The van der Waals surface area contributed by atoms with Crippen LogP contribution < -0.4 is 10.5 Å². The SMILES string of the molecule is NCCc1cccc(-c2ccc(OCC(F)F)cc2)c1. The topological polar surface area (TPSA) is 35.2 Å². The predicted octanol–water partition coefficient (Wildman–Crippen LogP) is 3.50. The molecule has 0 saturated heterocycles. The zero-order chi connectivity index (χ0) is 14.4. The van der Waals surface area contributed by atoms with Crippen molar-refractivity contribution in [2.75, 3.05) is 13.2 Å². The van der Waals surface area contributed by atoms with Gasteiger partial charge < -0.3 is 10.5 Å². The summed E-state index contributed by atoms with van der Waals surface area (Å²) >= 11 is 0. The van der Waals surface area contributed by atoms with Crippen LogP contribution in [0.2, 0.25) is 0 Å². The van der Waals surface area contributed by atoms with E-state index in [1.54, 1.807) is 12.1 Å². The summed E-state index contributed by atoms with van der Waals surface area (Å²) in [5.74, 6) is 0.451. The van der Waals surface area contributed by atoms with Crippen LogP contribution in [-0.4, -0.2) is 19.6 Å². The van der Waals surface area contributed by atoms with Gasteiger partial charge in [0, 0.05) is 0 Å². The van der Waals surface area contributed by atoms with Crippen LogP contribution in [0, 0.1) is 0 Å². The molecule has 0 atom stereocenters. The Labute approximate surface area is 117 Å². The molecule has 0 heterocycles. The molecule has 106 valence electrons. The minimum absolute atomic E-state index is 0.451. The molecule has 0 unspecified atom stereocenters. The Morgan fingerprint density at radius 3 is 2.40 bits per heavy atom. The highest BCUT2D eigenvalue weighted by atomic mass is 19.3. The summed E-state index contributed by atoms with van der Waals surface area (Å²) in [4.78, 5) is 0. The number of halogens is 2. The lowest BCUT2D eigenvalue weighted by molar-refractivity contribution is 0.0819. The molecule has 0 saturated carbocycles. The van der Waals surface area contributed by atoms with Gasteiger partial charge in [0.15, 0.2) is 0 Å². The first-order valence-corrected chi connectivity index (χ1v) is 6.49. The second kappa shape index (κ2) is 7.01. The summed E-state index contributed by atoms with van der Waals surface area (Å²) in [6, 6.07) is 15.3. The zero-order valence-electron chi connectivity index (χ0n) is 11.1. The number of hydrogen-bond acceptors (Lipinski definition) is 2. The Balaban J connectivity index is 2.11. The Morgan fingerprint density at radius 1 is 1.00 bits per heavy atom. The van der Waals surface area contributed by atoms with Crippen molar-refractivity contribution < 1.29 is 13.5 Å². The van der Waals surface area contributed by atoms with Crippen LogP contribution in [0.15, 0.2) is 48.5 Å². The van der Waals surface area contributed by atoms with E-state index in [0.29, 0.717) is 12.3 Å². The van der Waals surface area contributed by atoms with Gasteiger partial charge in [-0.1, -0.05) is 36.4 Å². The predicted molar refractivity (Wildman–Crippen MR) is 76.1 cm³/mol. The lowest BCUT2D eigenvalue weighted by atomic mass is 10.0. The number of hydrogen-bond donors (Lipinski definition) is 1. The van der Waals surface area contributed by atoms with E-state index < -0.39 is 13.0 Å². The van der Waals surface area contributed by atoms with Gasteiger partial charge in [0.2, 0.25) is 0 Å². The molecule has 0 spiro atoms. The van der Waals surface area contributed by atoms with Crippen molar-refractivity contribution >= 4 is 0 Å². The van der Waals surface area contributed by atoms with Gasteiger partial charge >= 0.3 is 0 Å². The minimum atomic E-state index is -2.46. The van der Waals surface area contributed by atoms with Crippen LogP contribution in [0.5, 0.6) is 5.75 Å². The van der Waals surface area contributed by atoms with Gasteiger partial charge in [-0.05, 0) is 41.8 Å². The Morgan fingerprint density at radius 2 is 1.75 bits per heavy atom. The highest BCUT2D eigenvalue weighted by molar-refractivity contribution is 5.64. The molecular formula is C16H17F2NO. The van der Waals surface area contributed by atoms with Crippen LogP contribution >= 0.6 is 0 Å². The summed E-state index contributed by atoms with van der Waals surface area (Å²) in [5, 5.41) is 0. The maximum Gasteiger partial charge on any atom is 0.272 e. The third kappa shape index (κ3) is 4.03. The molecule has 0 amide bonds. The molecule has 2 aromatic carbocycles. The Bertz CT molecular complexity index is 540. The normalized spacial score (nSPS) is 10.8. The van der Waals surface area contributed by atoms with E-state index in [2.05, 4.69) is 6.07 Å². The van der Waals surface area contributed by atoms with E-state index >= 15 is 0 Å². The van der Waals surface area contributed by atoms with Crippen LogP contribution in [0.1, 0.15) is 5.56 Å². The van der Waals surface area contributed by atoms with E-state index in [-0.39, 0.29) is 0 Å². The summed E-state index contributed by atoms with van der Waals surface area (Å²) in [5.41, 5.74) is 8.83. The number of rotatable bonds is 6. The molecule has 2 rings (SSSR count). The molecular weight excluding hydrogens is 260 g/mol. The van der Waals surface area contributed by atoms with Crippen LogP contribution in [0.25, 0.3) is 11.1 Å². The van der Waals surface area contributed by atoms with E-state index in [1.165, 1.54) is 5.56 Å². The van der Waals surface area contributed by atoms with Gasteiger partial charge in [0.1, 0.15) is 12.4 Å². The number of benzene rings is 2. The number of alkyl halides is 2. The molecule has 0 radical (unpaired) electrons. The molecule has 4 heteroatoms. The largest absolute Gasteiger partial charge is 0.488 e. The zero-order valence-corrected chi connectivity index (χ0v) is 11.1. The lowest BCUT2D eigenvalue weighted by Gasteiger charge is -2.08. The summed E-state index contributed by atoms with van der Waals surface area (Å²) in [6.45, 7) is 0.0369. The molecule has 0 bridgehead atoms. The molecule has 2 N–H and O–H groups in total. The van der Waals surface area contributed by atoms with Gasteiger partial charge in [-0.25, -0.2) is 8.78 Å². The molecule has 0 aliphatic carbocycles. The van der Waals surface area contributed by atoms with Crippen molar-refractivity contribution in [3.8, 4) is 16.9 Å². The molecule has 2 aromatic rings. The monoisotopic (exact) mass is 277 g/mol. The fraction of sp³-hybridized carbons (Fsp3) is 0.250. The van der Waals surface area contributed by atoms with Crippen molar-refractivity contribution in [3.63, 3.8) is 0 Å². The third-order valence-electron chi connectivity index (χ3n) is 2.92. The maximum atomic E-state index is 12.0. The summed E-state index contributed by atoms with van der Waals surface area (Å²) < 4.78 is 29.0. The molecule has 0 aliphatic heterocycles. The molecule has 2 nitrogen and oxygen atoms in total. The van der Waals surface area contributed by atoms with Crippen molar-refractivity contribution in [3.05, 3.63) is 54.1 Å². The first-order valence-electron chi connectivity index (χ1n) is 6.49. The fourth-order valence-electron chi connectivity index (χ4n) is 1.98. The maximum absolute atomic E-state index is 12.0. The first kappa shape index (κ1) is 14.5. The van der Waals surface area contributed by atoms with Gasteiger partial charge in [-0.3, -0.25) is 0 Å². The van der Waals surface area contributed by atoms with E-state index in [0.717, 1.165) is 17.5 Å². The van der Waals surface area contributed by atoms with Crippen LogP contribution in [0.4, 0.5) is 8.78 Å². The molecule has 20 heavy (non-hydrogen) atoms. The summed E-state index contributed by atoms with van der Waals surface area (Å²) in [7, 11) is 0. The molecule has 0 aromatic heterocycles.